The van der Waals surface area contributed by atoms with E-state index in [4.69, 9.17) is 4.74 Å². The zero-order valence-corrected chi connectivity index (χ0v) is 14.3. The summed E-state index contributed by atoms with van der Waals surface area (Å²) in [4.78, 5) is 12.5. The largest absolute Gasteiger partial charge is 0.496 e. The molecule has 0 radical (unpaired) electrons. The first kappa shape index (κ1) is 16.5. The van der Waals surface area contributed by atoms with Crippen molar-refractivity contribution in [2.75, 3.05) is 7.11 Å². The lowest BCUT2D eigenvalue weighted by Crippen LogP contribution is -2.22. The Balaban J connectivity index is 2.21. The number of nitrogens with zero attached hydrogens (tertiary/aromatic N) is 3. The molecule has 25 heavy (non-hydrogen) atoms. The lowest BCUT2D eigenvalue weighted by molar-refractivity contribution is 0.415. The standard InChI is InChI=1S/C20H17N3O2/c1-13-10-14(2)23(20(24)17(13)11-21)22-12-18-16-7-5-4-6-15(16)8-9-19(18)25-3/h4-10,12H,1-3H3. The van der Waals surface area contributed by atoms with E-state index in [1.54, 1.807) is 33.2 Å². The lowest BCUT2D eigenvalue weighted by Gasteiger charge is -2.10. The van der Waals surface area contributed by atoms with Crippen LogP contribution in [0, 0.1) is 25.2 Å². The second-order valence-electron chi connectivity index (χ2n) is 5.72. The number of fused-ring (bicyclic) bond motifs is 1. The van der Waals surface area contributed by atoms with Crippen LogP contribution in [0.1, 0.15) is 22.4 Å². The minimum absolute atomic E-state index is 0.104. The summed E-state index contributed by atoms with van der Waals surface area (Å²) in [6.07, 6.45) is 1.60. The van der Waals surface area contributed by atoms with Crippen molar-refractivity contribution in [2.24, 2.45) is 5.10 Å². The molecule has 0 fully saturated rings. The predicted octanol–water partition coefficient (Wildman–Crippen LogP) is 3.38. The Bertz CT molecular complexity index is 1090. The van der Waals surface area contributed by atoms with Gasteiger partial charge in [-0.05, 0) is 42.3 Å². The zero-order chi connectivity index (χ0) is 18.0. The van der Waals surface area contributed by atoms with Gasteiger partial charge >= 0.3 is 0 Å². The number of methoxy groups -OCH3 is 1. The lowest BCUT2D eigenvalue weighted by atomic mass is 10.0. The van der Waals surface area contributed by atoms with Crippen molar-refractivity contribution in [3.63, 3.8) is 0 Å². The van der Waals surface area contributed by atoms with Crippen molar-refractivity contribution in [1.82, 2.24) is 4.68 Å². The Morgan fingerprint density at radius 1 is 1.20 bits per heavy atom. The molecular formula is C20H17N3O2. The van der Waals surface area contributed by atoms with E-state index in [2.05, 4.69) is 5.10 Å². The van der Waals surface area contributed by atoms with Gasteiger partial charge < -0.3 is 4.74 Å². The third kappa shape index (κ3) is 2.90. The van der Waals surface area contributed by atoms with E-state index < -0.39 is 5.56 Å². The monoisotopic (exact) mass is 331 g/mol. The van der Waals surface area contributed by atoms with Gasteiger partial charge in [0, 0.05) is 11.3 Å². The third-order valence-corrected chi connectivity index (χ3v) is 4.12. The van der Waals surface area contributed by atoms with Crippen molar-refractivity contribution in [3.8, 4) is 11.8 Å². The molecule has 0 amide bonds. The Morgan fingerprint density at radius 3 is 2.68 bits per heavy atom. The van der Waals surface area contributed by atoms with Gasteiger partial charge in [0.25, 0.3) is 5.56 Å². The average molecular weight is 331 g/mol. The molecule has 3 aromatic rings. The average Bonchev–Trinajstić information content (AvgIpc) is 2.61. The summed E-state index contributed by atoms with van der Waals surface area (Å²) in [5.41, 5.74) is 1.78. The first-order chi connectivity index (χ1) is 12.1. The number of ether oxygens (including phenoxy) is 1. The van der Waals surface area contributed by atoms with Gasteiger partial charge in [-0.3, -0.25) is 4.79 Å². The number of aryl methyl sites for hydroxylation is 2. The first-order valence-corrected chi connectivity index (χ1v) is 7.80. The van der Waals surface area contributed by atoms with Crippen LogP contribution in [0.5, 0.6) is 5.75 Å². The summed E-state index contributed by atoms with van der Waals surface area (Å²) < 4.78 is 6.68. The molecule has 3 rings (SSSR count). The fraction of sp³-hybridized carbons (Fsp3) is 0.150. The van der Waals surface area contributed by atoms with Crippen molar-refractivity contribution in [1.29, 1.82) is 5.26 Å². The third-order valence-electron chi connectivity index (χ3n) is 4.12. The maximum atomic E-state index is 12.5. The molecule has 0 aliphatic rings. The minimum atomic E-state index is -0.421. The summed E-state index contributed by atoms with van der Waals surface area (Å²) in [6.45, 7) is 3.53. The van der Waals surface area contributed by atoms with Gasteiger partial charge in [-0.15, -0.1) is 0 Å². The summed E-state index contributed by atoms with van der Waals surface area (Å²) in [5, 5.41) is 15.5. The van der Waals surface area contributed by atoms with Crippen LogP contribution < -0.4 is 10.3 Å². The van der Waals surface area contributed by atoms with Crippen LogP contribution in [0.4, 0.5) is 0 Å². The summed E-state index contributed by atoms with van der Waals surface area (Å²) in [7, 11) is 1.60. The number of benzene rings is 2. The molecule has 0 aliphatic heterocycles. The molecule has 1 heterocycles. The summed E-state index contributed by atoms with van der Waals surface area (Å²) in [6, 6.07) is 15.5. The molecule has 0 aliphatic carbocycles. The number of hydrogen-bond donors (Lipinski definition) is 0. The molecule has 0 saturated carbocycles. The number of pyridine rings is 1. The molecule has 1 aromatic heterocycles. The quantitative estimate of drug-likeness (QED) is 0.691. The van der Waals surface area contributed by atoms with E-state index >= 15 is 0 Å². The first-order valence-electron chi connectivity index (χ1n) is 7.80. The highest BCUT2D eigenvalue weighted by Gasteiger charge is 2.10. The van der Waals surface area contributed by atoms with Gasteiger partial charge in [-0.1, -0.05) is 30.3 Å². The number of rotatable bonds is 3. The van der Waals surface area contributed by atoms with Gasteiger partial charge in [-0.25, -0.2) is 4.68 Å². The smallest absolute Gasteiger partial charge is 0.289 e. The molecule has 0 saturated heterocycles. The van der Waals surface area contributed by atoms with Crippen LogP contribution in [0.15, 0.2) is 52.4 Å². The fourth-order valence-corrected chi connectivity index (χ4v) is 2.86. The van der Waals surface area contributed by atoms with Crippen molar-refractivity contribution >= 4 is 17.0 Å². The van der Waals surface area contributed by atoms with Crippen LogP contribution >= 0.6 is 0 Å². The Morgan fingerprint density at radius 2 is 1.96 bits per heavy atom. The number of aromatic nitrogens is 1. The molecule has 0 bridgehead atoms. The Kier molecular flexibility index (Phi) is 4.36. The second kappa shape index (κ2) is 6.62. The molecule has 124 valence electrons. The van der Waals surface area contributed by atoms with E-state index in [9.17, 15) is 10.1 Å². The summed E-state index contributed by atoms with van der Waals surface area (Å²) >= 11 is 0. The van der Waals surface area contributed by atoms with Crippen LogP contribution in [0.2, 0.25) is 0 Å². The van der Waals surface area contributed by atoms with Gasteiger partial charge in [0.15, 0.2) is 0 Å². The van der Waals surface area contributed by atoms with E-state index in [1.165, 1.54) is 4.68 Å². The number of hydrogen-bond acceptors (Lipinski definition) is 4. The summed E-state index contributed by atoms with van der Waals surface area (Å²) in [5.74, 6) is 0.667. The second-order valence-corrected chi connectivity index (χ2v) is 5.72. The molecule has 0 atom stereocenters. The molecule has 0 unspecified atom stereocenters. The van der Waals surface area contributed by atoms with Gasteiger partial charge in [0.2, 0.25) is 0 Å². The SMILES string of the molecule is COc1ccc2ccccc2c1C=Nn1c(C)cc(C)c(C#N)c1=O. The van der Waals surface area contributed by atoms with E-state index in [1.807, 2.05) is 42.5 Å². The Labute approximate surface area is 145 Å². The van der Waals surface area contributed by atoms with Crippen molar-refractivity contribution in [3.05, 3.63) is 75.2 Å². The van der Waals surface area contributed by atoms with Crippen molar-refractivity contribution < 1.29 is 4.74 Å². The molecule has 0 spiro atoms. The predicted molar refractivity (Wildman–Crippen MR) is 98.4 cm³/mol. The highest BCUT2D eigenvalue weighted by Crippen LogP contribution is 2.26. The zero-order valence-electron chi connectivity index (χ0n) is 14.3. The Hall–Kier alpha value is -3.39. The highest BCUT2D eigenvalue weighted by molar-refractivity contribution is 6.02. The molecule has 2 aromatic carbocycles. The van der Waals surface area contributed by atoms with Crippen LogP contribution in [-0.4, -0.2) is 18.0 Å². The molecule has 0 N–H and O–H groups in total. The molecular weight excluding hydrogens is 314 g/mol. The van der Waals surface area contributed by atoms with E-state index in [-0.39, 0.29) is 5.56 Å². The maximum Gasteiger partial charge on any atom is 0.289 e. The van der Waals surface area contributed by atoms with Crippen LogP contribution in [0.3, 0.4) is 0 Å². The van der Waals surface area contributed by atoms with Crippen LogP contribution in [-0.2, 0) is 0 Å². The van der Waals surface area contributed by atoms with Crippen LogP contribution in [0.25, 0.3) is 10.8 Å². The normalized spacial score (nSPS) is 11.0. The highest BCUT2D eigenvalue weighted by atomic mass is 16.5. The fourth-order valence-electron chi connectivity index (χ4n) is 2.86. The molecule has 5 heteroatoms. The van der Waals surface area contributed by atoms with Gasteiger partial charge in [-0.2, -0.15) is 10.4 Å². The van der Waals surface area contributed by atoms with Gasteiger partial charge in [0.05, 0.1) is 13.3 Å². The maximum absolute atomic E-state index is 12.5. The van der Waals surface area contributed by atoms with Crippen molar-refractivity contribution in [2.45, 2.75) is 13.8 Å². The van der Waals surface area contributed by atoms with Gasteiger partial charge in [0.1, 0.15) is 17.4 Å². The molecule has 5 nitrogen and oxygen atoms in total. The van der Waals surface area contributed by atoms with E-state index in [0.29, 0.717) is 17.0 Å². The minimum Gasteiger partial charge on any atom is -0.496 e. The van der Waals surface area contributed by atoms with E-state index in [0.717, 1.165) is 16.3 Å². The number of nitriles is 1. The topological polar surface area (TPSA) is 67.4 Å².